The van der Waals surface area contributed by atoms with Crippen LogP contribution in [0.2, 0.25) is 0 Å². The largest absolute Gasteiger partial charge is 0.458 e. The van der Waals surface area contributed by atoms with Crippen LogP contribution in [0.4, 0.5) is 0 Å². The van der Waals surface area contributed by atoms with Crippen molar-refractivity contribution in [1.82, 2.24) is 14.9 Å². The molecule has 3 unspecified atom stereocenters. The van der Waals surface area contributed by atoms with Gasteiger partial charge in [0.15, 0.2) is 0 Å². The third-order valence-corrected chi connectivity index (χ3v) is 4.91. The van der Waals surface area contributed by atoms with Gasteiger partial charge in [-0.05, 0) is 49.5 Å². The molecule has 0 radical (unpaired) electrons. The Hall–Kier alpha value is -0.920. The molecule has 1 aromatic rings. The molecule has 2 heterocycles. The number of piperidine rings is 1. The number of esters is 1. The third kappa shape index (κ3) is 3.32. The highest BCUT2D eigenvalue weighted by Gasteiger charge is 2.55. The maximum absolute atomic E-state index is 12.1. The molecule has 1 saturated heterocycles. The van der Waals surface area contributed by atoms with Gasteiger partial charge in [-0.2, -0.15) is 0 Å². The second-order valence-corrected chi connectivity index (χ2v) is 8.32. The fourth-order valence-electron chi connectivity index (χ4n) is 3.76. The first kappa shape index (κ1) is 16.9. The number of carbonyl (C=O) groups is 1. The first-order valence-electron chi connectivity index (χ1n) is 7.98. The van der Waals surface area contributed by atoms with Crippen LogP contribution in [-0.4, -0.2) is 40.3 Å². The summed E-state index contributed by atoms with van der Waals surface area (Å²) >= 11 is 3.43. The van der Waals surface area contributed by atoms with Crippen molar-refractivity contribution in [2.24, 2.45) is 13.0 Å². The molecule has 0 spiro atoms. The molecule has 2 fully saturated rings. The van der Waals surface area contributed by atoms with Crippen LogP contribution in [0, 0.1) is 5.92 Å². The van der Waals surface area contributed by atoms with Crippen molar-refractivity contribution in [3.05, 3.63) is 16.6 Å². The number of carbonyl (C=O) groups excluding carboxylic acids is 1. The van der Waals surface area contributed by atoms with Gasteiger partial charge in [0.2, 0.25) is 0 Å². The summed E-state index contributed by atoms with van der Waals surface area (Å²) in [5.74, 6) is 0.866. The molecule has 3 atom stereocenters. The molecule has 0 amide bonds. The first-order valence-corrected chi connectivity index (χ1v) is 8.77. The molecule has 128 valence electrons. The summed E-state index contributed by atoms with van der Waals surface area (Å²) in [6.07, 6.45) is 3.81. The number of fused-ring (bicyclic) bond motifs is 2. The molecule has 3 rings (SSSR count). The molecule has 2 aliphatic rings. The highest BCUT2D eigenvalue weighted by molar-refractivity contribution is 9.10. The molecule has 2 bridgehead atoms. The fourth-order valence-corrected chi connectivity index (χ4v) is 4.23. The molecular formula is C16H24BrN3O3. The molecular weight excluding hydrogens is 362 g/mol. The zero-order valence-corrected chi connectivity index (χ0v) is 15.6. The van der Waals surface area contributed by atoms with Gasteiger partial charge in [0.1, 0.15) is 28.2 Å². The van der Waals surface area contributed by atoms with Crippen LogP contribution in [0.3, 0.4) is 0 Å². The van der Waals surface area contributed by atoms with Crippen molar-refractivity contribution in [2.75, 3.05) is 13.2 Å². The quantitative estimate of drug-likeness (QED) is 0.804. The zero-order valence-electron chi connectivity index (χ0n) is 14.1. The van der Waals surface area contributed by atoms with E-state index in [0.717, 1.165) is 29.8 Å². The summed E-state index contributed by atoms with van der Waals surface area (Å²) in [5.41, 5.74) is -1.02. The SMILES string of the molecule is Cn1cc(Br)nc1C1(OCC(=O)OC(C)(C)C)CC2CC1CN2. The Kier molecular flexibility index (Phi) is 4.31. The Labute approximate surface area is 145 Å². The number of rotatable bonds is 4. The number of imidazole rings is 1. The predicted molar refractivity (Wildman–Crippen MR) is 88.9 cm³/mol. The lowest BCUT2D eigenvalue weighted by atomic mass is 9.88. The van der Waals surface area contributed by atoms with E-state index in [1.165, 1.54) is 0 Å². The Morgan fingerprint density at radius 3 is 2.78 bits per heavy atom. The lowest BCUT2D eigenvalue weighted by molar-refractivity contribution is -0.172. The smallest absolute Gasteiger partial charge is 0.332 e. The Bertz CT molecular complexity index is 610. The summed E-state index contributed by atoms with van der Waals surface area (Å²) in [5, 5.41) is 3.49. The van der Waals surface area contributed by atoms with Crippen molar-refractivity contribution in [3.8, 4) is 0 Å². The van der Waals surface area contributed by atoms with Gasteiger partial charge in [0, 0.05) is 31.7 Å². The van der Waals surface area contributed by atoms with Gasteiger partial charge in [-0.15, -0.1) is 0 Å². The van der Waals surface area contributed by atoms with E-state index in [2.05, 4.69) is 26.2 Å². The fraction of sp³-hybridized carbons (Fsp3) is 0.750. The summed E-state index contributed by atoms with van der Waals surface area (Å²) in [6.45, 7) is 6.42. The lowest BCUT2D eigenvalue weighted by Gasteiger charge is -2.37. The van der Waals surface area contributed by atoms with Crippen LogP contribution >= 0.6 is 15.9 Å². The van der Waals surface area contributed by atoms with Crippen LogP contribution in [-0.2, 0) is 26.9 Å². The van der Waals surface area contributed by atoms with E-state index in [1.54, 1.807) is 0 Å². The van der Waals surface area contributed by atoms with Gasteiger partial charge >= 0.3 is 5.97 Å². The van der Waals surface area contributed by atoms with Crippen LogP contribution in [0.25, 0.3) is 0 Å². The number of ether oxygens (including phenoxy) is 2. The van der Waals surface area contributed by atoms with Crippen molar-refractivity contribution in [2.45, 2.75) is 50.9 Å². The highest BCUT2D eigenvalue weighted by atomic mass is 79.9. The van der Waals surface area contributed by atoms with Gasteiger partial charge in [0.25, 0.3) is 0 Å². The van der Waals surface area contributed by atoms with Crippen molar-refractivity contribution < 1.29 is 14.3 Å². The zero-order chi connectivity index (χ0) is 16.8. The Morgan fingerprint density at radius 2 is 2.30 bits per heavy atom. The number of halogens is 1. The molecule has 7 heteroatoms. The topological polar surface area (TPSA) is 65.4 Å². The summed E-state index contributed by atoms with van der Waals surface area (Å²) in [7, 11) is 1.96. The predicted octanol–water partition coefficient (Wildman–Crippen LogP) is 2.12. The Balaban J connectivity index is 1.81. The maximum Gasteiger partial charge on any atom is 0.332 e. The molecule has 1 aromatic heterocycles. The van der Waals surface area contributed by atoms with Gasteiger partial charge in [-0.1, -0.05) is 0 Å². The Morgan fingerprint density at radius 1 is 1.57 bits per heavy atom. The minimum absolute atomic E-state index is 0.0506. The number of aromatic nitrogens is 2. The van der Waals surface area contributed by atoms with Gasteiger partial charge in [0.05, 0.1) is 0 Å². The summed E-state index contributed by atoms with van der Waals surface area (Å²) in [6, 6.07) is 0.425. The van der Waals surface area contributed by atoms with Crippen LogP contribution in [0.1, 0.15) is 39.4 Å². The maximum atomic E-state index is 12.1. The number of aryl methyl sites for hydroxylation is 1. The molecule has 6 nitrogen and oxygen atoms in total. The van der Waals surface area contributed by atoms with Crippen LogP contribution < -0.4 is 5.32 Å². The number of nitrogens with one attached hydrogen (secondary N) is 1. The van der Waals surface area contributed by atoms with E-state index in [1.807, 2.05) is 38.6 Å². The van der Waals surface area contributed by atoms with E-state index >= 15 is 0 Å². The van der Waals surface area contributed by atoms with Crippen molar-refractivity contribution >= 4 is 21.9 Å². The van der Waals surface area contributed by atoms with Crippen LogP contribution in [0.5, 0.6) is 0 Å². The van der Waals surface area contributed by atoms with Gasteiger partial charge in [-0.25, -0.2) is 9.78 Å². The lowest BCUT2D eigenvalue weighted by Crippen LogP contribution is -2.46. The summed E-state index contributed by atoms with van der Waals surface area (Å²) < 4.78 is 14.3. The highest BCUT2D eigenvalue weighted by Crippen LogP contribution is 2.49. The number of nitrogens with zero attached hydrogens (tertiary/aromatic N) is 2. The number of hydrogen-bond acceptors (Lipinski definition) is 5. The molecule has 1 aliphatic carbocycles. The molecule has 0 aromatic carbocycles. The van der Waals surface area contributed by atoms with Gasteiger partial charge < -0.3 is 19.4 Å². The van der Waals surface area contributed by atoms with Crippen molar-refractivity contribution in [1.29, 1.82) is 0 Å². The minimum atomic E-state index is -0.520. The molecule has 1 saturated carbocycles. The average Bonchev–Trinajstić information content (AvgIpc) is 3.09. The van der Waals surface area contributed by atoms with E-state index in [9.17, 15) is 4.79 Å². The van der Waals surface area contributed by atoms with E-state index in [0.29, 0.717) is 12.0 Å². The second-order valence-electron chi connectivity index (χ2n) is 7.50. The average molecular weight is 386 g/mol. The van der Waals surface area contributed by atoms with E-state index in [-0.39, 0.29) is 12.6 Å². The second kappa shape index (κ2) is 5.86. The number of hydrogen-bond donors (Lipinski definition) is 1. The van der Waals surface area contributed by atoms with Gasteiger partial charge in [-0.3, -0.25) is 0 Å². The molecule has 23 heavy (non-hydrogen) atoms. The first-order chi connectivity index (χ1) is 10.7. The molecule has 1 aliphatic heterocycles. The third-order valence-electron chi connectivity index (χ3n) is 4.52. The van der Waals surface area contributed by atoms with E-state index < -0.39 is 11.2 Å². The van der Waals surface area contributed by atoms with E-state index in [4.69, 9.17) is 9.47 Å². The standard InChI is InChI=1S/C16H24BrN3O3/c1-15(2,3)23-13(21)9-22-16(6-11-5-10(16)7-18-11)14-19-12(17)8-20(14)4/h8,10-11,18H,5-7,9H2,1-4H3. The minimum Gasteiger partial charge on any atom is -0.458 e. The van der Waals surface area contributed by atoms with Crippen molar-refractivity contribution in [3.63, 3.8) is 0 Å². The monoisotopic (exact) mass is 385 g/mol. The molecule has 1 N–H and O–H groups in total. The normalized spacial score (nSPS) is 30.0. The van der Waals surface area contributed by atoms with Crippen LogP contribution in [0.15, 0.2) is 10.8 Å². The summed E-state index contributed by atoms with van der Waals surface area (Å²) in [4.78, 5) is 16.7.